The first-order chi connectivity index (χ1) is 7.25. The molecule has 2 N–H and O–H groups in total. The quantitative estimate of drug-likeness (QED) is 0.704. The molecule has 0 radical (unpaired) electrons. The van der Waals surface area contributed by atoms with Crippen LogP contribution in [0.5, 0.6) is 0 Å². The maximum absolute atomic E-state index is 11.9. The molecule has 0 aromatic carbocycles. The van der Waals surface area contributed by atoms with Crippen LogP contribution >= 0.6 is 0 Å². The Labute approximate surface area is 99.6 Å². The van der Waals surface area contributed by atoms with Crippen LogP contribution < -0.4 is 5.32 Å². The van der Waals surface area contributed by atoms with Crippen LogP contribution in [0, 0.1) is 10.8 Å². The molecule has 3 heteroatoms. The fraction of sp³-hybridized carbons (Fsp3) is 0.923. The molecule has 0 heterocycles. The molecule has 0 aliphatic heterocycles. The summed E-state index contributed by atoms with van der Waals surface area (Å²) in [6.45, 7) is 11.1. The van der Waals surface area contributed by atoms with Crippen LogP contribution in [0.3, 0.4) is 0 Å². The molecule has 96 valence electrons. The second-order valence-corrected chi connectivity index (χ2v) is 5.91. The van der Waals surface area contributed by atoms with Gasteiger partial charge in [-0.1, -0.05) is 34.6 Å². The first kappa shape index (κ1) is 15.4. The Bertz CT molecular complexity index is 222. The molecule has 0 aliphatic carbocycles. The lowest BCUT2D eigenvalue weighted by atomic mass is 9.86. The van der Waals surface area contributed by atoms with E-state index in [2.05, 4.69) is 19.2 Å². The summed E-state index contributed by atoms with van der Waals surface area (Å²) in [6, 6.07) is 0. The van der Waals surface area contributed by atoms with Gasteiger partial charge in [0.05, 0.1) is 0 Å². The van der Waals surface area contributed by atoms with Crippen LogP contribution in [0.4, 0.5) is 0 Å². The minimum atomic E-state index is -0.285. The van der Waals surface area contributed by atoms with E-state index in [-0.39, 0.29) is 23.3 Å². The van der Waals surface area contributed by atoms with Gasteiger partial charge in [-0.3, -0.25) is 4.79 Å². The molecule has 0 atom stereocenters. The van der Waals surface area contributed by atoms with Crippen LogP contribution in [-0.4, -0.2) is 24.2 Å². The van der Waals surface area contributed by atoms with E-state index in [0.29, 0.717) is 6.54 Å². The highest BCUT2D eigenvalue weighted by atomic mass is 16.2. The summed E-state index contributed by atoms with van der Waals surface area (Å²) < 4.78 is 0. The van der Waals surface area contributed by atoms with Gasteiger partial charge >= 0.3 is 0 Å². The van der Waals surface area contributed by atoms with Crippen molar-refractivity contribution in [2.75, 3.05) is 13.2 Å². The normalized spacial score (nSPS) is 12.6. The molecule has 0 saturated carbocycles. The Balaban J connectivity index is 4.09. The first-order valence-corrected chi connectivity index (χ1v) is 6.14. The minimum Gasteiger partial charge on any atom is -0.396 e. The zero-order valence-corrected chi connectivity index (χ0v) is 11.4. The van der Waals surface area contributed by atoms with Crippen molar-refractivity contribution in [3.8, 4) is 0 Å². The van der Waals surface area contributed by atoms with Crippen molar-refractivity contribution >= 4 is 5.91 Å². The third kappa shape index (κ3) is 5.50. The van der Waals surface area contributed by atoms with Crippen LogP contribution in [0.15, 0.2) is 0 Å². The Morgan fingerprint density at radius 1 is 1.25 bits per heavy atom. The number of carbonyl (C=O) groups is 1. The van der Waals surface area contributed by atoms with E-state index in [1.54, 1.807) is 0 Å². The summed E-state index contributed by atoms with van der Waals surface area (Å²) >= 11 is 0. The lowest BCUT2D eigenvalue weighted by Gasteiger charge is -2.28. The number of aliphatic hydroxyl groups excluding tert-OH is 1. The average Bonchev–Trinajstić information content (AvgIpc) is 2.23. The fourth-order valence-corrected chi connectivity index (χ4v) is 1.37. The molecule has 0 bridgehead atoms. The van der Waals surface area contributed by atoms with Gasteiger partial charge in [-0.05, 0) is 24.7 Å². The third-order valence-electron chi connectivity index (χ3n) is 3.24. The molecule has 0 aromatic heterocycles. The van der Waals surface area contributed by atoms with E-state index in [1.807, 2.05) is 20.8 Å². The topological polar surface area (TPSA) is 49.3 Å². The van der Waals surface area contributed by atoms with E-state index in [9.17, 15) is 4.79 Å². The SMILES string of the molecule is CCC(C)(C)C(=O)NCC(C)(C)CCCO. The molecule has 0 aromatic rings. The predicted molar refractivity (Wildman–Crippen MR) is 67.2 cm³/mol. The largest absolute Gasteiger partial charge is 0.396 e. The van der Waals surface area contributed by atoms with E-state index in [4.69, 9.17) is 5.11 Å². The molecule has 0 aliphatic rings. The highest BCUT2D eigenvalue weighted by Gasteiger charge is 2.27. The molecule has 0 fully saturated rings. The monoisotopic (exact) mass is 229 g/mol. The molecule has 1 amide bonds. The second kappa shape index (κ2) is 6.24. The van der Waals surface area contributed by atoms with Crippen LogP contribution in [0.2, 0.25) is 0 Å². The number of rotatable bonds is 7. The summed E-state index contributed by atoms with van der Waals surface area (Å²) in [5, 5.41) is 11.8. The van der Waals surface area contributed by atoms with E-state index in [0.717, 1.165) is 19.3 Å². The van der Waals surface area contributed by atoms with Crippen molar-refractivity contribution in [2.45, 2.75) is 53.9 Å². The Hall–Kier alpha value is -0.570. The Kier molecular flexibility index (Phi) is 6.01. The van der Waals surface area contributed by atoms with Gasteiger partial charge in [-0.15, -0.1) is 0 Å². The molecular formula is C13H27NO2. The van der Waals surface area contributed by atoms with Crippen molar-refractivity contribution in [3.63, 3.8) is 0 Å². The van der Waals surface area contributed by atoms with Gasteiger partial charge in [0.2, 0.25) is 5.91 Å². The van der Waals surface area contributed by atoms with Gasteiger partial charge in [0.15, 0.2) is 0 Å². The maximum atomic E-state index is 11.9. The Morgan fingerprint density at radius 2 is 1.81 bits per heavy atom. The molecular weight excluding hydrogens is 202 g/mol. The van der Waals surface area contributed by atoms with Crippen molar-refractivity contribution in [2.24, 2.45) is 10.8 Å². The maximum Gasteiger partial charge on any atom is 0.225 e. The van der Waals surface area contributed by atoms with Gasteiger partial charge in [0.1, 0.15) is 0 Å². The highest BCUT2D eigenvalue weighted by Crippen LogP contribution is 2.23. The van der Waals surface area contributed by atoms with E-state index < -0.39 is 0 Å². The second-order valence-electron chi connectivity index (χ2n) is 5.91. The summed E-state index contributed by atoms with van der Waals surface area (Å²) in [5.74, 6) is 0.118. The first-order valence-electron chi connectivity index (χ1n) is 6.14. The molecule has 0 spiro atoms. The molecule has 0 rings (SSSR count). The zero-order valence-electron chi connectivity index (χ0n) is 11.4. The summed E-state index contributed by atoms with van der Waals surface area (Å²) in [5.41, 5.74) is -0.227. The van der Waals surface area contributed by atoms with Gasteiger partial charge < -0.3 is 10.4 Å². The van der Waals surface area contributed by atoms with Crippen molar-refractivity contribution in [1.29, 1.82) is 0 Å². The minimum absolute atomic E-state index is 0.0577. The number of hydrogen-bond donors (Lipinski definition) is 2. The molecule has 16 heavy (non-hydrogen) atoms. The average molecular weight is 229 g/mol. The molecule has 0 unspecified atom stereocenters. The number of hydrogen-bond acceptors (Lipinski definition) is 2. The lowest BCUT2D eigenvalue weighted by Crippen LogP contribution is -2.41. The van der Waals surface area contributed by atoms with E-state index in [1.165, 1.54) is 0 Å². The summed E-state index contributed by atoms with van der Waals surface area (Å²) in [6.07, 6.45) is 2.56. The number of carbonyl (C=O) groups excluding carboxylic acids is 1. The van der Waals surface area contributed by atoms with Crippen molar-refractivity contribution < 1.29 is 9.90 Å². The smallest absolute Gasteiger partial charge is 0.225 e. The zero-order chi connectivity index (χ0) is 12.8. The van der Waals surface area contributed by atoms with Gasteiger partial charge in [0.25, 0.3) is 0 Å². The van der Waals surface area contributed by atoms with E-state index >= 15 is 0 Å². The van der Waals surface area contributed by atoms with Crippen LogP contribution in [-0.2, 0) is 4.79 Å². The van der Waals surface area contributed by atoms with Crippen LogP contribution in [0.1, 0.15) is 53.9 Å². The number of nitrogens with one attached hydrogen (secondary N) is 1. The predicted octanol–water partition coefficient (Wildman–Crippen LogP) is 2.34. The summed E-state index contributed by atoms with van der Waals surface area (Å²) in [4.78, 5) is 11.9. The standard InChI is InChI=1S/C13H27NO2/c1-6-13(4,5)11(16)14-10-12(2,3)8-7-9-15/h15H,6-10H2,1-5H3,(H,14,16). The van der Waals surface area contributed by atoms with Gasteiger partial charge in [0, 0.05) is 18.6 Å². The summed E-state index contributed by atoms with van der Waals surface area (Å²) in [7, 11) is 0. The molecule has 3 nitrogen and oxygen atoms in total. The number of amides is 1. The van der Waals surface area contributed by atoms with Gasteiger partial charge in [-0.25, -0.2) is 0 Å². The van der Waals surface area contributed by atoms with Gasteiger partial charge in [-0.2, -0.15) is 0 Å². The van der Waals surface area contributed by atoms with Crippen molar-refractivity contribution in [1.82, 2.24) is 5.32 Å². The van der Waals surface area contributed by atoms with Crippen LogP contribution in [0.25, 0.3) is 0 Å². The molecule has 0 saturated heterocycles. The Morgan fingerprint density at radius 3 is 2.25 bits per heavy atom. The van der Waals surface area contributed by atoms with Crippen molar-refractivity contribution in [3.05, 3.63) is 0 Å². The lowest BCUT2D eigenvalue weighted by molar-refractivity contribution is -0.130. The number of aliphatic hydroxyl groups is 1. The highest BCUT2D eigenvalue weighted by molar-refractivity contribution is 5.81. The fourth-order valence-electron chi connectivity index (χ4n) is 1.37. The third-order valence-corrected chi connectivity index (χ3v) is 3.24.